The Bertz CT molecular complexity index is 175. The van der Waals surface area contributed by atoms with Gasteiger partial charge in [0.15, 0.2) is 0 Å². The predicted molar refractivity (Wildman–Crippen MR) is 57.3 cm³/mol. The zero-order valence-electron chi connectivity index (χ0n) is 9.42. The summed E-state index contributed by atoms with van der Waals surface area (Å²) in [5.41, 5.74) is 4.55. The third kappa shape index (κ3) is 4.58. The molecule has 1 atom stereocenters. The van der Waals surface area contributed by atoms with Crippen LogP contribution in [0.2, 0.25) is 0 Å². The lowest BCUT2D eigenvalue weighted by atomic mass is 10.0. The van der Waals surface area contributed by atoms with Crippen molar-refractivity contribution in [3.05, 3.63) is 0 Å². The summed E-state index contributed by atoms with van der Waals surface area (Å²) in [6.07, 6.45) is 2.05. The number of hydrogen-bond donors (Lipinski definition) is 2. The molecule has 0 saturated carbocycles. The number of nitrogens with two attached hydrogens (primary N) is 1. The lowest BCUT2D eigenvalue weighted by molar-refractivity contribution is -0.143. The number of carboxylic acid groups (broad SMARTS) is 1. The van der Waals surface area contributed by atoms with Gasteiger partial charge in [0, 0.05) is 6.54 Å². The van der Waals surface area contributed by atoms with Crippen LogP contribution in [-0.2, 0) is 4.79 Å². The van der Waals surface area contributed by atoms with Gasteiger partial charge in [-0.25, -0.2) is 0 Å². The minimum Gasteiger partial charge on any atom is -0.480 e. The van der Waals surface area contributed by atoms with Gasteiger partial charge >= 0.3 is 5.97 Å². The zero-order chi connectivity index (χ0) is 11.2. The van der Waals surface area contributed by atoms with Crippen LogP contribution in [0.5, 0.6) is 0 Å². The highest BCUT2D eigenvalue weighted by atomic mass is 16.4. The molecule has 4 heteroatoms. The Labute approximate surface area is 86.1 Å². The van der Waals surface area contributed by atoms with E-state index in [1.807, 2.05) is 0 Å². The highest BCUT2D eigenvalue weighted by Crippen LogP contribution is 2.05. The summed E-state index contributed by atoms with van der Waals surface area (Å²) < 4.78 is 0. The first kappa shape index (κ1) is 13.4. The Morgan fingerprint density at radius 3 is 2.07 bits per heavy atom. The van der Waals surface area contributed by atoms with E-state index in [0.29, 0.717) is 6.54 Å². The molecule has 0 saturated heterocycles. The van der Waals surface area contributed by atoms with E-state index in [-0.39, 0.29) is 0 Å². The van der Waals surface area contributed by atoms with E-state index in [4.69, 9.17) is 10.8 Å². The van der Waals surface area contributed by atoms with Crippen LogP contribution in [0, 0.1) is 0 Å². The van der Waals surface area contributed by atoms with Gasteiger partial charge in [-0.2, -0.15) is 0 Å². The fourth-order valence-electron chi connectivity index (χ4n) is 1.43. The Hall–Kier alpha value is -0.610. The number of hydrogen-bond acceptors (Lipinski definition) is 3. The summed E-state index contributed by atoms with van der Waals surface area (Å²) in [6.45, 7) is 7.97. The van der Waals surface area contributed by atoms with Gasteiger partial charge in [-0.3, -0.25) is 4.79 Å². The van der Waals surface area contributed by atoms with E-state index in [2.05, 4.69) is 18.7 Å². The number of aliphatic carboxylic acids is 1. The number of carbonyl (C=O) groups is 1. The van der Waals surface area contributed by atoms with Crippen molar-refractivity contribution in [2.75, 3.05) is 19.6 Å². The molecule has 1 unspecified atom stereocenters. The van der Waals surface area contributed by atoms with Crippen LogP contribution in [0.3, 0.4) is 0 Å². The maximum Gasteiger partial charge on any atom is 0.324 e. The average Bonchev–Trinajstić information content (AvgIpc) is 2.04. The van der Waals surface area contributed by atoms with Gasteiger partial charge in [0.05, 0.1) is 0 Å². The van der Waals surface area contributed by atoms with Crippen LogP contribution in [0.25, 0.3) is 0 Å². The largest absolute Gasteiger partial charge is 0.480 e. The van der Waals surface area contributed by atoms with E-state index in [1.165, 1.54) is 0 Å². The topological polar surface area (TPSA) is 66.6 Å². The quantitative estimate of drug-likeness (QED) is 0.644. The molecular weight excluding hydrogens is 180 g/mol. The zero-order valence-corrected chi connectivity index (χ0v) is 9.42. The third-order valence-corrected chi connectivity index (χ3v) is 2.12. The predicted octanol–water partition coefficient (Wildman–Crippen LogP) is 0.910. The first-order chi connectivity index (χ1) is 6.44. The normalized spacial score (nSPS) is 15.5. The van der Waals surface area contributed by atoms with E-state index in [0.717, 1.165) is 25.9 Å². The van der Waals surface area contributed by atoms with Gasteiger partial charge in [-0.05, 0) is 32.9 Å². The maximum absolute atomic E-state index is 10.8. The highest BCUT2D eigenvalue weighted by molar-refractivity contribution is 5.78. The standard InChI is InChI=1S/C10H22N2O2/c1-4-6-12(7-5-2)8-10(3,11)9(13)14/h4-8,11H2,1-3H3,(H,13,14). The minimum absolute atomic E-state index is 0.421. The number of rotatable bonds is 7. The first-order valence-corrected chi connectivity index (χ1v) is 5.18. The van der Waals surface area contributed by atoms with Gasteiger partial charge in [-0.15, -0.1) is 0 Å². The van der Waals surface area contributed by atoms with Gasteiger partial charge in [0.1, 0.15) is 5.54 Å². The minimum atomic E-state index is -1.13. The van der Waals surface area contributed by atoms with E-state index in [9.17, 15) is 4.79 Å². The molecule has 3 N–H and O–H groups in total. The molecule has 0 aliphatic rings. The fraction of sp³-hybridized carbons (Fsp3) is 0.900. The van der Waals surface area contributed by atoms with Crippen molar-refractivity contribution in [2.45, 2.75) is 39.2 Å². The Morgan fingerprint density at radius 2 is 1.79 bits per heavy atom. The van der Waals surface area contributed by atoms with Crippen molar-refractivity contribution in [1.29, 1.82) is 0 Å². The van der Waals surface area contributed by atoms with Crippen LogP contribution in [0.4, 0.5) is 0 Å². The van der Waals surface area contributed by atoms with Gasteiger partial charge in [0.2, 0.25) is 0 Å². The smallest absolute Gasteiger partial charge is 0.324 e. The van der Waals surface area contributed by atoms with Gasteiger partial charge < -0.3 is 15.7 Å². The summed E-state index contributed by atoms with van der Waals surface area (Å²) in [7, 11) is 0. The average molecular weight is 202 g/mol. The second-order valence-corrected chi connectivity index (χ2v) is 4.00. The summed E-state index contributed by atoms with van der Waals surface area (Å²) in [4.78, 5) is 12.9. The second-order valence-electron chi connectivity index (χ2n) is 4.00. The molecule has 0 rings (SSSR count). The monoisotopic (exact) mass is 202 g/mol. The Kier molecular flexibility index (Phi) is 5.72. The molecule has 0 radical (unpaired) electrons. The molecule has 0 aromatic rings. The van der Waals surface area contributed by atoms with Gasteiger partial charge in [0.25, 0.3) is 0 Å². The van der Waals surface area contributed by atoms with E-state index >= 15 is 0 Å². The SMILES string of the molecule is CCCN(CCC)CC(C)(N)C(=O)O. The molecule has 0 amide bonds. The number of nitrogens with zero attached hydrogens (tertiary/aromatic N) is 1. The van der Waals surface area contributed by atoms with Crippen LogP contribution in [-0.4, -0.2) is 41.1 Å². The lowest BCUT2D eigenvalue weighted by Crippen LogP contribution is -2.54. The molecule has 4 nitrogen and oxygen atoms in total. The van der Waals surface area contributed by atoms with Crippen LogP contribution >= 0.6 is 0 Å². The third-order valence-electron chi connectivity index (χ3n) is 2.12. The molecular formula is C10H22N2O2. The first-order valence-electron chi connectivity index (χ1n) is 5.18. The lowest BCUT2D eigenvalue weighted by Gasteiger charge is -2.28. The second kappa shape index (κ2) is 5.98. The van der Waals surface area contributed by atoms with E-state index in [1.54, 1.807) is 6.92 Å². The summed E-state index contributed by atoms with van der Waals surface area (Å²) >= 11 is 0. The molecule has 0 aromatic heterocycles. The Balaban J connectivity index is 4.19. The molecule has 0 aromatic carbocycles. The van der Waals surface area contributed by atoms with Crippen molar-refractivity contribution < 1.29 is 9.90 Å². The van der Waals surface area contributed by atoms with Crippen molar-refractivity contribution in [2.24, 2.45) is 5.73 Å². The van der Waals surface area contributed by atoms with Crippen molar-refractivity contribution in [3.8, 4) is 0 Å². The highest BCUT2D eigenvalue weighted by Gasteiger charge is 2.29. The Morgan fingerprint density at radius 1 is 1.36 bits per heavy atom. The molecule has 0 fully saturated rings. The molecule has 0 spiro atoms. The molecule has 84 valence electrons. The van der Waals surface area contributed by atoms with Crippen molar-refractivity contribution >= 4 is 5.97 Å². The summed E-state index contributed by atoms with van der Waals surface area (Å²) in [6, 6.07) is 0. The maximum atomic E-state index is 10.8. The molecule has 0 aliphatic carbocycles. The summed E-state index contributed by atoms with van der Waals surface area (Å²) in [5, 5.41) is 8.87. The molecule has 0 aliphatic heterocycles. The van der Waals surface area contributed by atoms with E-state index < -0.39 is 11.5 Å². The van der Waals surface area contributed by atoms with Crippen molar-refractivity contribution in [1.82, 2.24) is 4.90 Å². The van der Waals surface area contributed by atoms with Crippen LogP contribution < -0.4 is 5.73 Å². The molecule has 0 heterocycles. The van der Waals surface area contributed by atoms with Crippen LogP contribution in [0.1, 0.15) is 33.6 Å². The number of carboxylic acids is 1. The fourth-order valence-corrected chi connectivity index (χ4v) is 1.43. The van der Waals surface area contributed by atoms with Gasteiger partial charge in [-0.1, -0.05) is 13.8 Å². The van der Waals surface area contributed by atoms with Crippen LogP contribution in [0.15, 0.2) is 0 Å². The molecule has 0 bridgehead atoms. The molecule has 14 heavy (non-hydrogen) atoms. The van der Waals surface area contributed by atoms with Crippen molar-refractivity contribution in [3.63, 3.8) is 0 Å². The summed E-state index contributed by atoms with van der Waals surface area (Å²) in [5.74, 6) is -0.935.